The summed E-state index contributed by atoms with van der Waals surface area (Å²) in [5.74, 6) is 0.180. The van der Waals surface area contributed by atoms with Crippen LogP contribution >= 0.6 is 0 Å². The van der Waals surface area contributed by atoms with Crippen molar-refractivity contribution >= 4 is 11.9 Å². The van der Waals surface area contributed by atoms with Crippen molar-refractivity contribution in [2.75, 3.05) is 0 Å². The van der Waals surface area contributed by atoms with Crippen LogP contribution in [0.1, 0.15) is 99.8 Å². The molecule has 1 aromatic carbocycles. The molecule has 0 heterocycles. The minimum Gasteiger partial charge on any atom is -0.289 e. The number of carbonyl (C=O) groups excluding carboxylic acids is 1. The van der Waals surface area contributed by atoms with Gasteiger partial charge in [0.1, 0.15) is 0 Å². The molecule has 0 bridgehead atoms. The first-order valence-electron chi connectivity index (χ1n) is 11.1. The van der Waals surface area contributed by atoms with Crippen molar-refractivity contribution in [2.45, 2.75) is 93.9 Å². The highest BCUT2D eigenvalue weighted by atomic mass is 16.1. The molecule has 0 saturated carbocycles. The average molecular weight is 406 g/mol. The Balaban J connectivity index is 2.74. The summed E-state index contributed by atoms with van der Waals surface area (Å²) in [7, 11) is 0. The van der Waals surface area contributed by atoms with E-state index in [0.29, 0.717) is 0 Å². The monoisotopic (exact) mass is 405 g/mol. The van der Waals surface area contributed by atoms with Crippen LogP contribution in [0.4, 0.5) is 0 Å². The van der Waals surface area contributed by atoms with E-state index in [1.165, 1.54) is 16.7 Å². The van der Waals surface area contributed by atoms with Gasteiger partial charge in [-0.1, -0.05) is 95.2 Å². The van der Waals surface area contributed by atoms with Crippen molar-refractivity contribution in [3.8, 4) is 0 Å². The molecule has 1 aromatic rings. The average Bonchev–Trinajstić information content (AvgIpc) is 2.52. The molecule has 0 aromatic heterocycles. The van der Waals surface area contributed by atoms with E-state index in [1.54, 1.807) is 0 Å². The largest absolute Gasteiger partial charge is 0.289 e. The lowest BCUT2D eigenvalue weighted by Crippen LogP contribution is -2.27. The fraction of sp³-hybridized carbons (Fsp3) is 0.552. The number of allylic oxidation sites excluding steroid dienone is 5. The zero-order valence-corrected chi connectivity index (χ0v) is 21.3. The zero-order chi connectivity index (χ0) is 23.3. The normalized spacial score (nSPS) is 16.4. The van der Waals surface area contributed by atoms with Gasteiger partial charge >= 0.3 is 0 Å². The number of hydrogen-bond acceptors (Lipinski definition) is 1. The topological polar surface area (TPSA) is 17.1 Å². The van der Waals surface area contributed by atoms with Crippen molar-refractivity contribution < 1.29 is 4.79 Å². The number of carbonyl (C=O) groups is 1. The molecule has 163 valence electrons. The van der Waals surface area contributed by atoms with E-state index >= 15 is 0 Å². The van der Waals surface area contributed by atoms with Gasteiger partial charge in [0.2, 0.25) is 0 Å². The molecule has 1 nitrogen and oxygen atoms in total. The molecule has 0 amide bonds. The molecule has 2 rings (SSSR count). The maximum absolute atomic E-state index is 13.2. The molecule has 0 saturated heterocycles. The Labute approximate surface area is 185 Å². The van der Waals surface area contributed by atoms with Crippen LogP contribution in [0.15, 0.2) is 41.0 Å². The van der Waals surface area contributed by atoms with Crippen molar-refractivity contribution in [1.82, 2.24) is 0 Å². The summed E-state index contributed by atoms with van der Waals surface area (Å²) >= 11 is 0. The first kappa shape index (κ1) is 24.4. The van der Waals surface area contributed by atoms with Crippen LogP contribution in [0, 0.1) is 16.9 Å². The second kappa shape index (κ2) is 7.66. The maximum Gasteiger partial charge on any atom is 0.186 e. The number of ketones is 1. The van der Waals surface area contributed by atoms with E-state index in [0.717, 1.165) is 16.7 Å². The number of hydrogen-bond donors (Lipinski definition) is 0. The van der Waals surface area contributed by atoms with Gasteiger partial charge < -0.3 is 0 Å². The van der Waals surface area contributed by atoms with Crippen molar-refractivity contribution in [2.24, 2.45) is 10.8 Å². The number of Topliss-reactive ketones (excluding diaryl/α,β-unsaturated/α-hetero) is 1. The molecule has 1 radical (unpaired) electrons. The standard InChI is InChI=1S/C29H41O/c1-26(2,3)21-14-19(15-22(18-21)27(4,5)6)13-20-16-23(28(7,8)9)25(30)24(17-20)29(10,11)12/h13-17H,1-12H3. The van der Waals surface area contributed by atoms with Gasteiger partial charge in [0, 0.05) is 11.1 Å². The van der Waals surface area contributed by atoms with Crippen LogP contribution in [-0.2, 0) is 15.6 Å². The molecule has 0 fully saturated rings. The first-order valence-corrected chi connectivity index (χ1v) is 11.1. The number of rotatable bonds is 1. The predicted molar refractivity (Wildman–Crippen MR) is 131 cm³/mol. The van der Waals surface area contributed by atoms with E-state index in [2.05, 4.69) is 120 Å². The van der Waals surface area contributed by atoms with Gasteiger partial charge in [-0.25, -0.2) is 0 Å². The van der Waals surface area contributed by atoms with E-state index in [9.17, 15) is 4.79 Å². The third kappa shape index (κ3) is 5.62. The molecule has 0 N–H and O–H groups in total. The van der Waals surface area contributed by atoms with Gasteiger partial charge in [0.05, 0.1) is 0 Å². The summed E-state index contributed by atoms with van der Waals surface area (Å²) in [4.78, 5) is 13.2. The van der Waals surface area contributed by atoms with Crippen molar-refractivity contribution in [1.29, 1.82) is 0 Å². The molecule has 1 aliphatic carbocycles. The van der Waals surface area contributed by atoms with Crippen molar-refractivity contribution in [3.63, 3.8) is 0 Å². The lowest BCUT2D eigenvalue weighted by Gasteiger charge is -2.31. The molecule has 0 atom stereocenters. The summed E-state index contributed by atoms with van der Waals surface area (Å²) in [5.41, 5.74) is 6.12. The minimum atomic E-state index is -0.196. The van der Waals surface area contributed by atoms with Crippen LogP contribution in [-0.4, -0.2) is 5.78 Å². The Kier molecular flexibility index (Phi) is 6.23. The van der Waals surface area contributed by atoms with Gasteiger partial charge in [-0.05, 0) is 68.2 Å². The third-order valence-electron chi connectivity index (χ3n) is 5.57. The minimum absolute atomic E-state index is 0.0237. The Morgan fingerprint density at radius 2 is 1.00 bits per heavy atom. The van der Waals surface area contributed by atoms with Crippen LogP contribution in [0.2, 0.25) is 0 Å². The highest BCUT2D eigenvalue weighted by Crippen LogP contribution is 2.39. The zero-order valence-electron chi connectivity index (χ0n) is 21.3. The molecule has 0 unspecified atom stereocenters. The van der Waals surface area contributed by atoms with Crippen LogP contribution in [0.25, 0.3) is 6.08 Å². The summed E-state index contributed by atoms with van der Waals surface area (Å²) < 4.78 is 0. The quantitative estimate of drug-likeness (QED) is 0.462. The lowest BCUT2D eigenvalue weighted by atomic mass is 9.71. The van der Waals surface area contributed by atoms with Gasteiger partial charge in [0.25, 0.3) is 0 Å². The molecular formula is C29H41O. The third-order valence-corrected chi connectivity index (χ3v) is 5.57. The number of benzene rings is 1. The van der Waals surface area contributed by atoms with E-state index < -0.39 is 0 Å². The fourth-order valence-corrected chi connectivity index (χ4v) is 3.52. The molecule has 0 aliphatic heterocycles. The first-order chi connectivity index (χ1) is 13.3. The van der Waals surface area contributed by atoms with E-state index in [4.69, 9.17) is 0 Å². The van der Waals surface area contributed by atoms with Crippen LogP contribution in [0.5, 0.6) is 0 Å². The lowest BCUT2D eigenvalue weighted by molar-refractivity contribution is -0.114. The molecule has 30 heavy (non-hydrogen) atoms. The molecule has 1 heteroatoms. The Bertz CT molecular complexity index is 852. The second-order valence-electron chi connectivity index (χ2n) is 12.8. The molecule has 0 spiro atoms. The highest BCUT2D eigenvalue weighted by molar-refractivity contribution is 6.12. The van der Waals surface area contributed by atoms with E-state index in [1.807, 2.05) is 0 Å². The SMILES string of the molecule is CC(C)(C)C1=CC(=Cc2cc(C(C)(C)C)[c]c(C(C)(C)C)c2)C=C(C(C)(C)C)C1=O. The Morgan fingerprint density at radius 1 is 0.633 bits per heavy atom. The maximum atomic E-state index is 13.2. The summed E-state index contributed by atoms with van der Waals surface area (Å²) in [5, 5.41) is 0. The van der Waals surface area contributed by atoms with Gasteiger partial charge in [-0.15, -0.1) is 0 Å². The summed E-state index contributed by atoms with van der Waals surface area (Å²) in [6.45, 7) is 26.1. The smallest absolute Gasteiger partial charge is 0.186 e. The Morgan fingerprint density at radius 3 is 1.30 bits per heavy atom. The van der Waals surface area contributed by atoms with Gasteiger partial charge in [-0.2, -0.15) is 0 Å². The summed E-state index contributed by atoms with van der Waals surface area (Å²) in [6.07, 6.45) is 6.39. The Hall–Kier alpha value is -1.89. The van der Waals surface area contributed by atoms with Crippen LogP contribution in [0.3, 0.4) is 0 Å². The predicted octanol–water partition coefficient (Wildman–Crippen LogP) is 7.99. The fourth-order valence-electron chi connectivity index (χ4n) is 3.52. The van der Waals surface area contributed by atoms with E-state index in [-0.39, 0.29) is 27.4 Å². The van der Waals surface area contributed by atoms with Crippen molar-refractivity contribution in [3.05, 3.63) is 63.8 Å². The highest BCUT2D eigenvalue weighted by Gasteiger charge is 2.34. The second-order valence-corrected chi connectivity index (χ2v) is 12.8. The van der Waals surface area contributed by atoms with Crippen LogP contribution < -0.4 is 0 Å². The van der Waals surface area contributed by atoms with Gasteiger partial charge in [0.15, 0.2) is 5.78 Å². The molecule has 1 aliphatic rings. The van der Waals surface area contributed by atoms with Gasteiger partial charge in [-0.3, -0.25) is 4.79 Å². The molecular weight excluding hydrogens is 364 g/mol. The summed E-state index contributed by atoms with van der Waals surface area (Å²) in [6, 6.07) is 8.15.